The SMILES string of the molecule is CNC(=O)CN1CCN(c2ncc(C(F)(F)F)cc2Cl)CC1. The van der Waals surface area contributed by atoms with Gasteiger partial charge in [-0.05, 0) is 6.07 Å². The third-order valence-electron chi connectivity index (χ3n) is 3.47. The molecule has 122 valence electrons. The number of anilines is 1. The van der Waals surface area contributed by atoms with Gasteiger partial charge in [-0.15, -0.1) is 0 Å². The number of amides is 1. The first-order valence-corrected chi connectivity index (χ1v) is 7.09. The van der Waals surface area contributed by atoms with Crippen molar-refractivity contribution in [2.24, 2.45) is 0 Å². The molecule has 5 nitrogen and oxygen atoms in total. The molecule has 2 heterocycles. The lowest BCUT2D eigenvalue weighted by atomic mass is 10.2. The first-order chi connectivity index (χ1) is 10.3. The Hall–Kier alpha value is -1.54. The van der Waals surface area contributed by atoms with Crippen LogP contribution in [0.25, 0.3) is 0 Å². The summed E-state index contributed by atoms with van der Waals surface area (Å²) in [6.07, 6.45) is -3.67. The van der Waals surface area contributed by atoms with E-state index in [-0.39, 0.29) is 10.9 Å². The van der Waals surface area contributed by atoms with E-state index in [1.165, 1.54) is 0 Å². The fourth-order valence-corrected chi connectivity index (χ4v) is 2.50. The summed E-state index contributed by atoms with van der Waals surface area (Å²) in [7, 11) is 1.57. The van der Waals surface area contributed by atoms with Crippen LogP contribution in [0.3, 0.4) is 0 Å². The minimum atomic E-state index is -4.46. The molecule has 1 saturated heterocycles. The number of alkyl halides is 3. The third-order valence-corrected chi connectivity index (χ3v) is 3.75. The second kappa shape index (κ2) is 6.70. The molecule has 22 heavy (non-hydrogen) atoms. The summed E-state index contributed by atoms with van der Waals surface area (Å²) in [4.78, 5) is 18.9. The number of carbonyl (C=O) groups excluding carboxylic acids is 1. The van der Waals surface area contributed by atoms with Crippen molar-refractivity contribution in [1.82, 2.24) is 15.2 Å². The van der Waals surface area contributed by atoms with Crippen molar-refractivity contribution in [3.05, 3.63) is 22.8 Å². The summed E-state index contributed by atoms with van der Waals surface area (Å²) in [6, 6.07) is 0.890. The summed E-state index contributed by atoms with van der Waals surface area (Å²) in [5.74, 6) is 0.272. The zero-order valence-corrected chi connectivity index (χ0v) is 12.7. The van der Waals surface area contributed by atoms with E-state index in [9.17, 15) is 18.0 Å². The van der Waals surface area contributed by atoms with Crippen LogP contribution < -0.4 is 10.2 Å². The van der Waals surface area contributed by atoms with E-state index in [1.54, 1.807) is 7.05 Å². The van der Waals surface area contributed by atoms with E-state index in [2.05, 4.69) is 10.3 Å². The number of hydrogen-bond donors (Lipinski definition) is 1. The molecule has 0 unspecified atom stereocenters. The van der Waals surface area contributed by atoms with E-state index in [1.807, 2.05) is 9.80 Å². The largest absolute Gasteiger partial charge is 0.417 e. The quantitative estimate of drug-likeness (QED) is 0.911. The van der Waals surface area contributed by atoms with Gasteiger partial charge >= 0.3 is 6.18 Å². The summed E-state index contributed by atoms with van der Waals surface area (Å²) in [5.41, 5.74) is -0.862. The lowest BCUT2D eigenvalue weighted by Gasteiger charge is -2.35. The van der Waals surface area contributed by atoms with Gasteiger partial charge in [-0.3, -0.25) is 9.69 Å². The van der Waals surface area contributed by atoms with Gasteiger partial charge in [0.05, 0.1) is 17.1 Å². The molecule has 1 N–H and O–H groups in total. The van der Waals surface area contributed by atoms with Crippen molar-refractivity contribution in [3.63, 3.8) is 0 Å². The van der Waals surface area contributed by atoms with Gasteiger partial charge < -0.3 is 10.2 Å². The first kappa shape index (κ1) is 16.8. The number of likely N-dealkylation sites (N-methyl/N-ethyl adjacent to an activating group) is 1. The van der Waals surface area contributed by atoms with Crippen LogP contribution in [0.15, 0.2) is 12.3 Å². The molecule has 1 aliphatic rings. The van der Waals surface area contributed by atoms with Crippen molar-refractivity contribution in [1.29, 1.82) is 0 Å². The van der Waals surface area contributed by atoms with E-state index in [0.717, 1.165) is 12.3 Å². The van der Waals surface area contributed by atoms with Crippen LogP contribution in [-0.4, -0.2) is 55.6 Å². The molecule has 0 radical (unpaired) electrons. The predicted octanol–water partition coefficient (Wildman–Crippen LogP) is 1.62. The highest BCUT2D eigenvalue weighted by Crippen LogP contribution is 2.33. The number of hydrogen-bond acceptors (Lipinski definition) is 4. The highest BCUT2D eigenvalue weighted by atomic mass is 35.5. The monoisotopic (exact) mass is 336 g/mol. The first-order valence-electron chi connectivity index (χ1n) is 6.72. The maximum atomic E-state index is 12.6. The highest BCUT2D eigenvalue weighted by molar-refractivity contribution is 6.33. The third kappa shape index (κ3) is 4.01. The zero-order valence-electron chi connectivity index (χ0n) is 12.0. The number of pyridine rings is 1. The molecule has 1 aliphatic heterocycles. The molecule has 0 atom stereocenters. The second-order valence-electron chi connectivity index (χ2n) is 4.96. The predicted molar refractivity (Wildman–Crippen MR) is 77.0 cm³/mol. The van der Waals surface area contributed by atoms with Gasteiger partial charge in [0.2, 0.25) is 5.91 Å². The Bertz CT molecular complexity index is 545. The molecule has 0 bridgehead atoms. The van der Waals surface area contributed by atoms with Crippen LogP contribution in [0.1, 0.15) is 5.56 Å². The van der Waals surface area contributed by atoms with Crippen molar-refractivity contribution in [3.8, 4) is 0 Å². The molecule has 0 aliphatic carbocycles. The Kier molecular flexibility index (Phi) is 5.12. The fraction of sp³-hybridized carbons (Fsp3) is 0.538. The normalized spacial score (nSPS) is 16.7. The Morgan fingerprint density at radius 1 is 1.36 bits per heavy atom. The number of nitrogens with zero attached hydrogens (tertiary/aromatic N) is 3. The van der Waals surface area contributed by atoms with Gasteiger partial charge in [0, 0.05) is 39.4 Å². The molecule has 1 amide bonds. The number of carbonyl (C=O) groups is 1. The summed E-state index contributed by atoms with van der Waals surface area (Å²) in [6.45, 7) is 2.64. The van der Waals surface area contributed by atoms with Crippen molar-refractivity contribution in [2.45, 2.75) is 6.18 Å². The minimum absolute atomic E-state index is 0.0189. The Morgan fingerprint density at radius 2 is 2.00 bits per heavy atom. The molecule has 0 spiro atoms. The molecule has 1 aromatic rings. The average Bonchev–Trinajstić information content (AvgIpc) is 2.47. The summed E-state index contributed by atoms with van der Waals surface area (Å²) < 4.78 is 37.8. The Labute approximate surface area is 131 Å². The maximum absolute atomic E-state index is 12.6. The molecular weight excluding hydrogens is 321 g/mol. The molecule has 2 rings (SSSR count). The van der Waals surface area contributed by atoms with Crippen LogP contribution in [0.2, 0.25) is 5.02 Å². The standard InChI is InChI=1S/C13H16ClF3N4O/c1-18-11(22)8-20-2-4-21(5-3-20)12-10(14)6-9(7-19-12)13(15,16)17/h6-7H,2-5,8H2,1H3,(H,18,22). The van der Waals surface area contributed by atoms with Gasteiger partial charge in [0.1, 0.15) is 5.82 Å². The Balaban J connectivity index is 2.01. The van der Waals surface area contributed by atoms with Gasteiger partial charge in [0.25, 0.3) is 0 Å². The van der Waals surface area contributed by atoms with Gasteiger partial charge in [-0.25, -0.2) is 4.98 Å². The van der Waals surface area contributed by atoms with Crippen molar-refractivity contribution < 1.29 is 18.0 Å². The van der Waals surface area contributed by atoms with Gasteiger partial charge in [-0.2, -0.15) is 13.2 Å². The van der Waals surface area contributed by atoms with Crippen molar-refractivity contribution in [2.75, 3.05) is 44.7 Å². The topological polar surface area (TPSA) is 48.5 Å². The number of rotatable bonds is 3. The smallest absolute Gasteiger partial charge is 0.358 e. The minimum Gasteiger partial charge on any atom is -0.358 e. The van der Waals surface area contributed by atoms with E-state index in [0.29, 0.717) is 38.5 Å². The molecular formula is C13H16ClF3N4O. The molecule has 0 aromatic carbocycles. The number of nitrogens with one attached hydrogen (secondary N) is 1. The molecule has 9 heteroatoms. The lowest BCUT2D eigenvalue weighted by molar-refractivity contribution is -0.137. The van der Waals surface area contributed by atoms with Crippen LogP contribution in [0.4, 0.5) is 19.0 Å². The van der Waals surface area contributed by atoms with Crippen molar-refractivity contribution >= 4 is 23.3 Å². The second-order valence-corrected chi connectivity index (χ2v) is 5.37. The highest BCUT2D eigenvalue weighted by Gasteiger charge is 2.32. The number of piperazine rings is 1. The van der Waals surface area contributed by atoms with Crippen LogP contribution in [-0.2, 0) is 11.0 Å². The zero-order chi connectivity index (χ0) is 16.3. The lowest BCUT2D eigenvalue weighted by Crippen LogP contribution is -2.49. The molecule has 1 aromatic heterocycles. The van der Waals surface area contributed by atoms with E-state index in [4.69, 9.17) is 11.6 Å². The number of halogens is 4. The van der Waals surface area contributed by atoms with Crippen LogP contribution in [0, 0.1) is 0 Å². The fourth-order valence-electron chi connectivity index (χ4n) is 2.22. The summed E-state index contributed by atoms with van der Waals surface area (Å²) in [5, 5.41) is 2.53. The number of aromatic nitrogens is 1. The molecule has 0 saturated carbocycles. The van der Waals surface area contributed by atoms with E-state index >= 15 is 0 Å². The van der Waals surface area contributed by atoms with Gasteiger partial charge in [0.15, 0.2) is 0 Å². The summed E-state index contributed by atoms with van der Waals surface area (Å²) >= 11 is 5.93. The van der Waals surface area contributed by atoms with Crippen LogP contribution >= 0.6 is 11.6 Å². The van der Waals surface area contributed by atoms with Gasteiger partial charge in [-0.1, -0.05) is 11.6 Å². The maximum Gasteiger partial charge on any atom is 0.417 e. The van der Waals surface area contributed by atoms with E-state index < -0.39 is 11.7 Å². The average molecular weight is 337 g/mol. The molecule has 1 fully saturated rings. The Morgan fingerprint density at radius 3 is 2.50 bits per heavy atom. The van der Waals surface area contributed by atoms with Crippen LogP contribution in [0.5, 0.6) is 0 Å².